The highest BCUT2D eigenvalue weighted by atomic mass is 16.4. The minimum absolute atomic E-state index is 0.0202. The number of carboxylic acid groups (broad SMARTS) is 1. The number of anilines is 1. The quantitative estimate of drug-likeness (QED) is 0.395. The molecule has 0 spiro atoms. The van der Waals surface area contributed by atoms with E-state index in [1.807, 2.05) is 0 Å². The van der Waals surface area contributed by atoms with E-state index in [1.165, 1.54) is 36.4 Å². The van der Waals surface area contributed by atoms with Gasteiger partial charge >= 0.3 is 5.97 Å². The molecule has 7 heteroatoms. The number of phenols is 1. The smallest absolute Gasteiger partial charge is 0.336 e. The van der Waals surface area contributed by atoms with E-state index in [-0.39, 0.29) is 28.4 Å². The van der Waals surface area contributed by atoms with Crippen LogP contribution in [0.25, 0.3) is 33.4 Å². The lowest BCUT2D eigenvalue weighted by molar-refractivity contribution is -0.123. The van der Waals surface area contributed by atoms with Crippen LogP contribution < -0.4 is 10.7 Å². The van der Waals surface area contributed by atoms with Gasteiger partial charge in [0.25, 0.3) is 0 Å². The third kappa shape index (κ3) is 3.80. The van der Waals surface area contributed by atoms with Crippen LogP contribution >= 0.6 is 0 Å². The molecule has 1 amide bonds. The molecule has 0 unspecified atom stereocenters. The number of benzene rings is 3. The monoisotopic (exact) mass is 431 g/mol. The number of aromatic hydroxyl groups is 1. The number of nitrogens with one attached hydrogen (secondary N) is 1. The van der Waals surface area contributed by atoms with Crippen molar-refractivity contribution in [2.24, 2.45) is 5.41 Å². The molecule has 32 heavy (non-hydrogen) atoms. The van der Waals surface area contributed by atoms with Crippen molar-refractivity contribution in [2.45, 2.75) is 20.8 Å². The predicted molar refractivity (Wildman–Crippen MR) is 121 cm³/mol. The molecule has 2 aromatic carbocycles. The lowest BCUT2D eigenvalue weighted by Crippen LogP contribution is -2.27. The fourth-order valence-electron chi connectivity index (χ4n) is 3.48. The van der Waals surface area contributed by atoms with Crippen LogP contribution in [0.1, 0.15) is 31.1 Å². The van der Waals surface area contributed by atoms with Crippen LogP contribution in [0.2, 0.25) is 0 Å². The zero-order chi connectivity index (χ0) is 23.2. The van der Waals surface area contributed by atoms with Crippen LogP contribution in [-0.4, -0.2) is 22.1 Å². The molecule has 0 saturated heterocycles. The Morgan fingerprint density at radius 2 is 1.69 bits per heavy atom. The molecule has 7 nitrogen and oxygen atoms in total. The average molecular weight is 431 g/mol. The Balaban J connectivity index is 2.06. The summed E-state index contributed by atoms with van der Waals surface area (Å²) in [6, 6.07) is 13.3. The van der Waals surface area contributed by atoms with Crippen molar-refractivity contribution < 1.29 is 24.2 Å². The Hall–Kier alpha value is -4.13. The standard InChI is InChI=1S/C25H21NO6/c1-25(2,3)24(31)26-13-4-7-16(23(29)30)19(10-13)22-17-8-5-14(27)11-20(17)32-21-12-15(28)6-9-18(21)22/h4-12,27H,1-3H3,(H,26,31)(H,29,30). The van der Waals surface area contributed by atoms with Crippen LogP contribution in [0.15, 0.2) is 63.8 Å². The summed E-state index contributed by atoms with van der Waals surface area (Å²) in [4.78, 5) is 36.5. The fraction of sp³-hybridized carbons (Fsp3) is 0.160. The summed E-state index contributed by atoms with van der Waals surface area (Å²) >= 11 is 0. The fourth-order valence-corrected chi connectivity index (χ4v) is 3.48. The van der Waals surface area contributed by atoms with Gasteiger partial charge in [-0.1, -0.05) is 20.8 Å². The Morgan fingerprint density at radius 3 is 2.38 bits per heavy atom. The number of carboxylic acids is 1. The number of aromatic carboxylic acids is 1. The molecular formula is C25H21NO6. The number of hydrogen-bond donors (Lipinski definition) is 3. The Kier molecular flexibility index (Phi) is 4.97. The molecule has 0 saturated carbocycles. The number of fused-ring (bicyclic) bond motifs is 2. The molecule has 0 radical (unpaired) electrons. The van der Waals surface area contributed by atoms with E-state index >= 15 is 0 Å². The van der Waals surface area contributed by atoms with Gasteiger partial charge in [-0.05, 0) is 48.0 Å². The molecule has 0 fully saturated rings. The first kappa shape index (κ1) is 21.1. The molecule has 3 N–H and O–H groups in total. The second-order valence-electron chi connectivity index (χ2n) is 8.59. The number of carbonyl (C=O) groups excluding carboxylic acids is 1. The Bertz CT molecular complexity index is 1410. The van der Waals surface area contributed by atoms with E-state index in [4.69, 9.17) is 4.42 Å². The molecular weight excluding hydrogens is 410 g/mol. The molecule has 1 aliphatic heterocycles. The molecule has 1 heterocycles. The zero-order valence-corrected chi connectivity index (χ0v) is 17.7. The van der Waals surface area contributed by atoms with E-state index in [0.29, 0.717) is 33.3 Å². The normalized spacial score (nSPS) is 11.6. The van der Waals surface area contributed by atoms with Gasteiger partial charge in [0.2, 0.25) is 5.91 Å². The third-order valence-electron chi connectivity index (χ3n) is 5.14. The first-order chi connectivity index (χ1) is 15.0. The summed E-state index contributed by atoms with van der Waals surface area (Å²) < 4.78 is 5.83. The molecule has 1 aliphatic carbocycles. The first-order valence-corrected chi connectivity index (χ1v) is 9.93. The van der Waals surface area contributed by atoms with Gasteiger partial charge in [0.05, 0.1) is 5.56 Å². The van der Waals surface area contributed by atoms with Crippen molar-refractivity contribution in [3.8, 4) is 28.2 Å². The minimum Gasteiger partial charge on any atom is -0.508 e. The van der Waals surface area contributed by atoms with Crippen molar-refractivity contribution in [1.29, 1.82) is 0 Å². The van der Waals surface area contributed by atoms with E-state index < -0.39 is 11.4 Å². The second kappa shape index (κ2) is 7.53. The van der Waals surface area contributed by atoms with Crippen LogP contribution in [0.3, 0.4) is 0 Å². The Morgan fingerprint density at radius 1 is 0.938 bits per heavy atom. The SMILES string of the molecule is CC(C)(C)C(=O)Nc1ccc(C(=O)O)c(-c2c3ccc(=O)cc-3oc3cc(O)ccc23)c1. The summed E-state index contributed by atoms with van der Waals surface area (Å²) in [7, 11) is 0. The van der Waals surface area contributed by atoms with Crippen LogP contribution in [-0.2, 0) is 4.79 Å². The number of rotatable bonds is 3. The van der Waals surface area contributed by atoms with Crippen LogP contribution in [0, 0.1) is 5.41 Å². The van der Waals surface area contributed by atoms with Gasteiger partial charge < -0.3 is 19.9 Å². The molecule has 4 rings (SSSR count). The molecule has 2 aliphatic rings. The molecule has 0 bridgehead atoms. The summed E-state index contributed by atoms with van der Waals surface area (Å²) in [5.74, 6) is -1.14. The summed E-state index contributed by atoms with van der Waals surface area (Å²) in [6.07, 6.45) is 0. The number of amides is 1. The maximum Gasteiger partial charge on any atom is 0.336 e. The maximum atomic E-state index is 12.5. The van der Waals surface area contributed by atoms with Crippen molar-refractivity contribution in [1.82, 2.24) is 0 Å². The number of hydrogen-bond acceptors (Lipinski definition) is 5. The maximum absolute atomic E-state index is 12.5. The van der Waals surface area contributed by atoms with Crippen molar-refractivity contribution >= 4 is 28.5 Å². The lowest BCUT2D eigenvalue weighted by Gasteiger charge is -2.20. The minimum atomic E-state index is -1.14. The van der Waals surface area contributed by atoms with E-state index in [9.17, 15) is 24.6 Å². The topological polar surface area (TPSA) is 117 Å². The lowest BCUT2D eigenvalue weighted by atomic mass is 9.90. The summed E-state index contributed by atoms with van der Waals surface area (Å²) in [6.45, 7) is 5.34. The molecule has 0 aromatic heterocycles. The zero-order valence-electron chi connectivity index (χ0n) is 17.7. The average Bonchev–Trinajstić information content (AvgIpc) is 2.70. The van der Waals surface area contributed by atoms with Gasteiger partial charge in [0.1, 0.15) is 17.1 Å². The second-order valence-corrected chi connectivity index (χ2v) is 8.59. The molecule has 162 valence electrons. The van der Waals surface area contributed by atoms with Crippen LogP contribution in [0.5, 0.6) is 5.75 Å². The van der Waals surface area contributed by atoms with Crippen molar-refractivity contribution in [2.75, 3.05) is 5.32 Å². The summed E-state index contributed by atoms with van der Waals surface area (Å²) in [5, 5.41) is 23.2. The molecule has 2 aromatic rings. The highest BCUT2D eigenvalue weighted by Gasteiger charge is 2.24. The summed E-state index contributed by atoms with van der Waals surface area (Å²) in [5.41, 5.74) is 1.24. The molecule has 0 atom stereocenters. The van der Waals surface area contributed by atoms with Gasteiger partial charge in [0.15, 0.2) is 5.43 Å². The first-order valence-electron chi connectivity index (χ1n) is 9.93. The van der Waals surface area contributed by atoms with Crippen molar-refractivity contribution in [3.63, 3.8) is 0 Å². The highest BCUT2D eigenvalue weighted by Crippen LogP contribution is 2.42. The Labute approximate surface area is 183 Å². The van der Waals surface area contributed by atoms with E-state index in [2.05, 4.69) is 5.32 Å². The van der Waals surface area contributed by atoms with Gasteiger partial charge in [0, 0.05) is 39.7 Å². The highest BCUT2D eigenvalue weighted by molar-refractivity contribution is 6.08. The number of phenolic OH excluding ortho intramolecular Hbond substituents is 1. The van der Waals surface area contributed by atoms with E-state index in [0.717, 1.165) is 0 Å². The third-order valence-corrected chi connectivity index (χ3v) is 5.14. The van der Waals surface area contributed by atoms with E-state index in [1.54, 1.807) is 39.0 Å². The van der Waals surface area contributed by atoms with Crippen molar-refractivity contribution in [3.05, 3.63) is 70.4 Å². The van der Waals surface area contributed by atoms with Gasteiger partial charge in [-0.3, -0.25) is 9.59 Å². The number of carbonyl (C=O) groups is 2. The van der Waals surface area contributed by atoms with Gasteiger partial charge in [-0.25, -0.2) is 4.79 Å². The predicted octanol–water partition coefficient (Wildman–Crippen LogP) is 4.95. The van der Waals surface area contributed by atoms with Crippen LogP contribution in [0.4, 0.5) is 5.69 Å². The largest absolute Gasteiger partial charge is 0.508 e. The van der Waals surface area contributed by atoms with Gasteiger partial charge in [-0.15, -0.1) is 0 Å². The van der Waals surface area contributed by atoms with Gasteiger partial charge in [-0.2, -0.15) is 0 Å².